The molecule has 38 heavy (non-hydrogen) atoms. The van der Waals surface area contributed by atoms with Crippen molar-refractivity contribution in [1.29, 1.82) is 5.26 Å². The van der Waals surface area contributed by atoms with Gasteiger partial charge >= 0.3 is 0 Å². The van der Waals surface area contributed by atoms with E-state index in [0.717, 1.165) is 5.56 Å². The van der Waals surface area contributed by atoms with E-state index in [1.807, 2.05) is 33.0 Å². The number of fused-ring (bicyclic) bond motifs is 1. The number of aryl methyl sites for hydroxylation is 1. The summed E-state index contributed by atoms with van der Waals surface area (Å²) in [6.07, 6.45) is 3.41. The van der Waals surface area contributed by atoms with Crippen molar-refractivity contribution in [2.75, 3.05) is 17.2 Å². The summed E-state index contributed by atoms with van der Waals surface area (Å²) in [6, 6.07) is 8.45. The van der Waals surface area contributed by atoms with E-state index < -0.39 is 12.0 Å². The van der Waals surface area contributed by atoms with Crippen molar-refractivity contribution in [1.82, 2.24) is 25.0 Å². The topological polar surface area (TPSA) is 104 Å². The second-order valence-corrected chi connectivity index (χ2v) is 12.0. The average molecular weight is 535 g/mol. The minimum absolute atomic E-state index is 0.0148. The maximum Gasteiger partial charge on any atom is 0.213 e. The third kappa shape index (κ3) is 5.86. The number of hydrogen-bond donors (Lipinski definition) is 2. The van der Waals surface area contributed by atoms with Crippen LogP contribution in [0.25, 0.3) is 10.9 Å². The molecule has 0 aliphatic rings. The number of hydrogen-bond acceptors (Lipinski definition) is 7. The Morgan fingerprint density at radius 3 is 2.50 bits per heavy atom. The molecule has 4 aromatic rings. The highest BCUT2D eigenvalue weighted by Gasteiger charge is 2.25. The molecule has 0 bridgehead atoms. The molecule has 0 saturated heterocycles. The molecular weight excluding hydrogens is 503 g/mol. The van der Waals surface area contributed by atoms with Gasteiger partial charge in [0.15, 0.2) is 0 Å². The van der Waals surface area contributed by atoms with Gasteiger partial charge in [-0.05, 0) is 51.3 Å². The zero-order valence-electron chi connectivity index (χ0n) is 22.7. The van der Waals surface area contributed by atoms with Crippen LogP contribution in [0.3, 0.4) is 0 Å². The summed E-state index contributed by atoms with van der Waals surface area (Å²) in [5.41, 5.74) is 4.00. The molecule has 1 unspecified atom stereocenters. The molecule has 1 aromatic carbocycles. The van der Waals surface area contributed by atoms with Gasteiger partial charge in [0, 0.05) is 35.1 Å². The van der Waals surface area contributed by atoms with Crippen molar-refractivity contribution in [2.45, 2.75) is 60.0 Å². The van der Waals surface area contributed by atoms with Crippen LogP contribution < -0.4 is 10.6 Å². The summed E-state index contributed by atoms with van der Waals surface area (Å²) in [6.45, 7) is 14.9. The third-order valence-electron chi connectivity index (χ3n) is 6.05. The molecule has 198 valence electrons. The lowest BCUT2D eigenvalue weighted by molar-refractivity contribution is 0.347. The number of anilines is 2. The van der Waals surface area contributed by atoms with Crippen molar-refractivity contribution in [2.24, 2.45) is 5.41 Å². The molecule has 0 saturated carbocycles. The predicted octanol–water partition coefficient (Wildman–Crippen LogP) is 6.61. The average Bonchev–Trinajstić information content (AvgIpc) is 3.31. The minimum atomic E-state index is -0.554. The first-order valence-electron chi connectivity index (χ1n) is 12.4. The molecule has 10 heteroatoms. The van der Waals surface area contributed by atoms with Gasteiger partial charge in [-0.3, -0.25) is 4.98 Å². The fraction of sp³-hybridized carbons (Fsp3) is 0.393. The van der Waals surface area contributed by atoms with Gasteiger partial charge in [0.05, 0.1) is 39.6 Å². The van der Waals surface area contributed by atoms with E-state index in [1.54, 1.807) is 23.7 Å². The highest BCUT2D eigenvalue weighted by Crippen LogP contribution is 2.36. The molecular formula is C28H32ClFN8. The Hall–Kier alpha value is -3.77. The second-order valence-electron chi connectivity index (χ2n) is 11.6. The summed E-state index contributed by atoms with van der Waals surface area (Å²) < 4.78 is 15.7. The first kappa shape index (κ1) is 27.3. The Morgan fingerprint density at radius 2 is 1.89 bits per heavy atom. The molecule has 2 N–H and O–H groups in total. The summed E-state index contributed by atoms with van der Waals surface area (Å²) in [5.74, 6) is -0.554. The largest absolute Gasteiger partial charge is 0.383 e. The van der Waals surface area contributed by atoms with E-state index in [0.29, 0.717) is 50.8 Å². The quantitative estimate of drug-likeness (QED) is 0.268. The van der Waals surface area contributed by atoms with Crippen LogP contribution in [0.4, 0.5) is 15.8 Å². The molecule has 3 aromatic heterocycles. The Kier molecular flexibility index (Phi) is 7.31. The van der Waals surface area contributed by atoms with Crippen molar-refractivity contribution in [3.05, 3.63) is 70.1 Å². The molecule has 0 aliphatic heterocycles. The lowest BCUT2D eigenvalue weighted by Crippen LogP contribution is -2.22. The summed E-state index contributed by atoms with van der Waals surface area (Å²) in [4.78, 5) is 8.47. The van der Waals surface area contributed by atoms with Gasteiger partial charge in [0.2, 0.25) is 5.95 Å². The smallest absolute Gasteiger partial charge is 0.213 e. The van der Waals surface area contributed by atoms with Crippen LogP contribution in [0.1, 0.15) is 70.1 Å². The normalized spacial score (nSPS) is 12.8. The van der Waals surface area contributed by atoms with Gasteiger partial charge in [-0.1, -0.05) is 43.7 Å². The number of benzene rings is 1. The van der Waals surface area contributed by atoms with Crippen LogP contribution in [0.15, 0.2) is 36.7 Å². The van der Waals surface area contributed by atoms with E-state index in [9.17, 15) is 9.65 Å². The van der Waals surface area contributed by atoms with Crippen molar-refractivity contribution in [3.8, 4) is 6.07 Å². The first-order chi connectivity index (χ1) is 17.8. The molecule has 1 atom stereocenters. The van der Waals surface area contributed by atoms with Crippen molar-refractivity contribution in [3.63, 3.8) is 0 Å². The van der Waals surface area contributed by atoms with E-state index in [4.69, 9.17) is 11.6 Å². The number of rotatable bonds is 6. The molecule has 0 fully saturated rings. The van der Waals surface area contributed by atoms with Crippen LogP contribution >= 0.6 is 11.6 Å². The Bertz CT molecular complexity index is 1530. The SMILES string of the molecule is Cc1nc(F)ccc1C(Nc1cc(Cl)c2ncc(C#N)c(NCC(C)(C)C)c2c1)c1cn(C(C)(C)C)nn1. The minimum Gasteiger partial charge on any atom is -0.383 e. The van der Waals surface area contributed by atoms with Crippen molar-refractivity contribution >= 4 is 33.9 Å². The molecule has 8 nitrogen and oxygen atoms in total. The van der Waals surface area contributed by atoms with Gasteiger partial charge in [0.1, 0.15) is 11.8 Å². The van der Waals surface area contributed by atoms with Crippen LogP contribution in [-0.2, 0) is 5.54 Å². The second kappa shape index (κ2) is 10.2. The van der Waals surface area contributed by atoms with E-state index in [2.05, 4.69) is 57.8 Å². The zero-order valence-corrected chi connectivity index (χ0v) is 23.4. The van der Waals surface area contributed by atoms with Gasteiger partial charge in [-0.15, -0.1) is 5.10 Å². The Labute approximate surface area is 227 Å². The molecule has 0 radical (unpaired) electrons. The third-order valence-corrected chi connectivity index (χ3v) is 6.34. The summed E-state index contributed by atoms with van der Waals surface area (Å²) in [5, 5.41) is 26.6. The van der Waals surface area contributed by atoms with Gasteiger partial charge in [-0.25, -0.2) is 9.67 Å². The fourth-order valence-electron chi connectivity index (χ4n) is 4.03. The molecule has 3 heterocycles. The molecule has 0 spiro atoms. The Balaban J connectivity index is 1.85. The van der Waals surface area contributed by atoms with E-state index in [-0.39, 0.29) is 11.0 Å². The maximum absolute atomic E-state index is 13.9. The highest BCUT2D eigenvalue weighted by atomic mass is 35.5. The number of pyridine rings is 2. The van der Waals surface area contributed by atoms with Crippen LogP contribution in [0.5, 0.6) is 0 Å². The molecule has 0 amide bonds. The van der Waals surface area contributed by atoms with Gasteiger partial charge in [-0.2, -0.15) is 9.65 Å². The molecule has 4 rings (SSSR count). The van der Waals surface area contributed by atoms with Gasteiger partial charge in [0.25, 0.3) is 0 Å². The number of aromatic nitrogens is 5. The summed E-state index contributed by atoms with van der Waals surface area (Å²) >= 11 is 6.70. The lowest BCUT2D eigenvalue weighted by Gasteiger charge is -2.23. The van der Waals surface area contributed by atoms with Crippen LogP contribution in [0, 0.1) is 29.6 Å². The van der Waals surface area contributed by atoms with Crippen LogP contribution in [0.2, 0.25) is 5.02 Å². The van der Waals surface area contributed by atoms with Crippen LogP contribution in [-0.4, -0.2) is 31.5 Å². The zero-order chi connectivity index (χ0) is 27.8. The van der Waals surface area contributed by atoms with E-state index >= 15 is 0 Å². The van der Waals surface area contributed by atoms with E-state index in [1.165, 1.54) is 12.3 Å². The first-order valence-corrected chi connectivity index (χ1v) is 12.7. The van der Waals surface area contributed by atoms with Gasteiger partial charge < -0.3 is 10.6 Å². The predicted molar refractivity (Wildman–Crippen MR) is 149 cm³/mol. The summed E-state index contributed by atoms with van der Waals surface area (Å²) in [7, 11) is 0. The number of nitrogens with zero attached hydrogens (tertiary/aromatic N) is 6. The number of halogens is 2. The lowest BCUT2D eigenvalue weighted by atomic mass is 9.96. The maximum atomic E-state index is 13.9. The monoisotopic (exact) mass is 534 g/mol. The van der Waals surface area contributed by atoms with Crippen molar-refractivity contribution < 1.29 is 4.39 Å². The standard InChI is InChI=1S/C28H32ClFN8/c1-16-19(8-9-23(30)34-16)26(22-14-38(37-36-22)28(5,6)7)35-18-10-20-24(33-15-27(2,3)4)17(12-31)13-32-25(20)21(29)11-18/h8-11,13-14,26,35H,15H2,1-7H3,(H,32,33). The highest BCUT2D eigenvalue weighted by molar-refractivity contribution is 6.35. The fourth-order valence-corrected chi connectivity index (χ4v) is 4.30. The Morgan fingerprint density at radius 1 is 1.16 bits per heavy atom. The number of nitriles is 1. The molecule has 0 aliphatic carbocycles. The number of nitrogens with one attached hydrogen (secondary N) is 2.